The molecular formula is C15H20BrN5O6. The topological polar surface area (TPSA) is 152 Å². The zero-order valence-corrected chi connectivity index (χ0v) is 16.4. The number of nitrogens with zero attached hydrogens (tertiary/aromatic N) is 3. The van der Waals surface area contributed by atoms with Crippen molar-refractivity contribution in [3.63, 3.8) is 0 Å². The van der Waals surface area contributed by atoms with Crippen molar-refractivity contribution in [2.24, 2.45) is 5.92 Å². The van der Waals surface area contributed by atoms with Crippen molar-refractivity contribution in [2.75, 3.05) is 19.0 Å². The number of aromatic amines is 1. The van der Waals surface area contributed by atoms with Crippen LogP contribution in [-0.2, 0) is 14.3 Å². The molecule has 0 spiro atoms. The Labute approximate surface area is 161 Å². The van der Waals surface area contributed by atoms with Crippen LogP contribution in [0.15, 0.2) is 9.53 Å². The second-order valence-electron chi connectivity index (χ2n) is 6.42. The molecule has 1 aliphatic rings. The third-order valence-corrected chi connectivity index (χ3v) is 4.85. The molecular weight excluding hydrogens is 426 g/mol. The van der Waals surface area contributed by atoms with Crippen LogP contribution in [0.1, 0.15) is 20.1 Å². The number of H-pyrrole nitrogens is 1. The fourth-order valence-corrected chi connectivity index (χ4v) is 3.38. The van der Waals surface area contributed by atoms with Crippen LogP contribution in [0.4, 0.5) is 5.95 Å². The van der Waals surface area contributed by atoms with E-state index in [1.54, 1.807) is 13.8 Å². The highest BCUT2D eigenvalue weighted by Crippen LogP contribution is 2.35. The van der Waals surface area contributed by atoms with Gasteiger partial charge in [-0.3, -0.25) is 24.5 Å². The molecule has 1 aliphatic heterocycles. The van der Waals surface area contributed by atoms with Crippen LogP contribution < -0.4 is 10.9 Å². The molecule has 1 fully saturated rings. The fourth-order valence-electron chi connectivity index (χ4n) is 2.83. The maximum Gasteiger partial charge on any atom is 0.280 e. The summed E-state index contributed by atoms with van der Waals surface area (Å²) in [5.41, 5.74) is -0.406. The first-order valence-corrected chi connectivity index (χ1v) is 9.03. The van der Waals surface area contributed by atoms with Gasteiger partial charge in [-0.1, -0.05) is 13.8 Å². The molecule has 2 aromatic rings. The lowest BCUT2D eigenvalue weighted by Crippen LogP contribution is -2.34. The normalized spacial score (nSPS) is 25.4. The number of fused-ring (bicyclic) bond motifs is 1. The van der Waals surface area contributed by atoms with Gasteiger partial charge in [0, 0.05) is 13.0 Å². The van der Waals surface area contributed by atoms with E-state index >= 15 is 0 Å². The highest BCUT2D eigenvalue weighted by atomic mass is 79.9. The average Bonchev–Trinajstić information content (AvgIpc) is 3.10. The smallest absolute Gasteiger partial charge is 0.280 e. The number of carbonyl (C=O) groups is 1. The van der Waals surface area contributed by atoms with Gasteiger partial charge in [0.25, 0.3) is 5.56 Å². The number of aromatic nitrogens is 4. The molecule has 0 bridgehead atoms. The van der Waals surface area contributed by atoms with E-state index in [-0.39, 0.29) is 33.7 Å². The molecule has 4 unspecified atom stereocenters. The van der Waals surface area contributed by atoms with Crippen LogP contribution in [0.2, 0.25) is 0 Å². The van der Waals surface area contributed by atoms with E-state index in [0.717, 1.165) is 0 Å². The van der Waals surface area contributed by atoms with Gasteiger partial charge in [-0.2, -0.15) is 4.98 Å². The number of nitrogens with one attached hydrogen (secondary N) is 2. The SMILES string of the molecule is COC1C(O)C(CO)OC1n1c(Br)nc2c(=O)[nH]c(NC(=O)C(C)C)nc21. The Morgan fingerprint density at radius 1 is 1.48 bits per heavy atom. The van der Waals surface area contributed by atoms with Gasteiger partial charge >= 0.3 is 0 Å². The summed E-state index contributed by atoms with van der Waals surface area (Å²) in [6.45, 7) is 3.00. The molecule has 3 heterocycles. The van der Waals surface area contributed by atoms with E-state index in [9.17, 15) is 19.8 Å². The number of hydrogen-bond donors (Lipinski definition) is 4. The Morgan fingerprint density at radius 2 is 2.19 bits per heavy atom. The lowest BCUT2D eigenvalue weighted by Gasteiger charge is -2.20. The van der Waals surface area contributed by atoms with E-state index in [4.69, 9.17) is 9.47 Å². The number of methoxy groups -OCH3 is 1. The molecule has 11 nitrogen and oxygen atoms in total. The summed E-state index contributed by atoms with van der Waals surface area (Å²) in [6.07, 6.45) is -3.68. The molecule has 148 valence electrons. The van der Waals surface area contributed by atoms with Crippen LogP contribution in [0.3, 0.4) is 0 Å². The van der Waals surface area contributed by atoms with Crippen molar-refractivity contribution in [3.8, 4) is 0 Å². The summed E-state index contributed by atoms with van der Waals surface area (Å²) >= 11 is 3.26. The lowest BCUT2D eigenvalue weighted by atomic mass is 10.1. The Hall–Kier alpha value is -1.86. The maximum absolute atomic E-state index is 12.4. The summed E-state index contributed by atoms with van der Waals surface area (Å²) < 4.78 is 12.7. The van der Waals surface area contributed by atoms with Crippen molar-refractivity contribution in [1.29, 1.82) is 0 Å². The minimum atomic E-state index is -1.09. The summed E-state index contributed by atoms with van der Waals surface area (Å²) in [7, 11) is 1.39. The Bertz CT molecular complexity index is 912. The molecule has 2 aromatic heterocycles. The van der Waals surface area contributed by atoms with Crippen LogP contribution in [0.5, 0.6) is 0 Å². The van der Waals surface area contributed by atoms with Gasteiger partial charge in [-0.05, 0) is 15.9 Å². The first-order chi connectivity index (χ1) is 12.8. The van der Waals surface area contributed by atoms with E-state index in [1.807, 2.05) is 0 Å². The third kappa shape index (κ3) is 3.50. The zero-order chi connectivity index (χ0) is 19.9. The number of imidazole rings is 1. The van der Waals surface area contributed by atoms with Gasteiger partial charge < -0.3 is 19.7 Å². The summed E-state index contributed by atoms with van der Waals surface area (Å²) in [5.74, 6) is -0.657. The number of carbonyl (C=O) groups excluding carboxylic acids is 1. The van der Waals surface area contributed by atoms with Crippen molar-refractivity contribution in [2.45, 2.75) is 38.4 Å². The van der Waals surface area contributed by atoms with Gasteiger partial charge in [-0.15, -0.1) is 0 Å². The minimum absolute atomic E-state index is 0.0183. The predicted octanol–water partition coefficient (Wildman–Crippen LogP) is -0.258. The number of anilines is 1. The monoisotopic (exact) mass is 445 g/mol. The van der Waals surface area contributed by atoms with Crippen molar-refractivity contribution in [1.82, 2.24) is 19.5 Å². The van der Waals surface area contributed by atoms with E-state index < -0.39 is 36.7 Å². The van der Waals surface area contributed by atoms with Gasteiger partial charge in [-0.25, -0.2) is 4.98 Å². The van der Waals surface area contributed by atoms with Crippen LogP contribution >= 0.6 is 15.9 Å². The highest BCUT2D eigenvalue weighted by Gasteiger charge is 2.46. The molecule has 4 atom stereocenters. The van der Waals surface area contributed by atoms with Crippen LogP contribution in [-0.4, -0.2) is 67.7 Å². The summed E-state index contributed by atoms with van der Waals surface area (Å²) in [6, 6.07) is 0. The molecule has 0 radical (unpaired) electrons. The summed E-state index contributed by atoms with van der Waals surface area (Å²) in [4.78, 5) is 35.2. The second kappa shape index (κ2) is 7.64. The maximum atomic E-state index is 12.4. The number of amides is 1. The van der Waals surface area contributed by atoms with Crippen LogP contribution in [0, 0.1) is 5.92 Å². The quantitative estimate of drug-likeness (QED) is 0.459. The highest BCUT2D eigenvalue weighted by molar-refractivity contribution is 9.10. The fraction of sp³-hybridized carbons (Fsp3) is 0.600. The minimum Gasteiger partial charge on any atom is -0.394 e. The van der Waals surface area contributed by atoms with Crippen molar-refractivity contribution >= 4 is 38.9 Å². The molecule has 1 amide bonds. The number of aliphatic hydroxyl groups is 2. The van der Waals surface area contributed by atoms with E-state index in [1.165, 1.54) is 11.7 Å². The molecule has 1 saturated heterocycles. The summed E-state index contributed by atoms with van der Waals surface area (Å²) in [5, 5.41) is 22.2. The number of ether oxygens (including phenoxy) is 2. The van der Waals surface area contributed by atoms with Crippen LogP contribution in [0.25, 0.3) is 11.2 Å². The number of hydrogen-bond acceptors (Lipinski definition) is 8. The van der Waals surface area contributed by atoms with Crippen molar-refractivity contribution in [3.05, 3.63) is 15.1 Å². The molecule has 0 aliphatic carbocycles. The van der Waals surface area contributed by atoms with E-state index in [0.29, 0.717) is 0 Å². The lowest BCUT2D eigenvalue weighted by molar-refractivity contribution is -0.118. The number of rotatable bonds is 5. The molecule has 3 rings (SSSR count). The molecule has 0 aromatic carbocycles. The Morgan fingerprint density at radius 3 is 2.78 bits per heavy atom. The molecule has 0 saturated carbocycles. The zero-order valence-electron chi connectivity index (χ0n) is 14.8. The third-order valence-electron chi connectivity index (χ3n) is 4.29. The van der Waals surface area contributed by atoms with Gasteiger partial charge in [0.05, 0.1) is 6.61 Å². The standard InChI is InChI=1S/C15H20BrN5O6/c1-5(2)11(24)19-15-18-10-7(12(25)20-15)17-14(16)21(10)13-9(26-3)8(23)6(4-22)27-13/h5-6,8-9,13,22-23H,4H2,1-3H3,(H2,18,19,20,24,25). The Kier molecular flexibility index (Phi) is 5.63. The number of aliphatic hydroxyl groups excluding tert-OH is 2. The first-order valence-electron chi connectivity index (χ1n) is 8.24. The number of halogens is 1. The molecule has 12 heteroatoms. The predicted molar refractivity (Wildman–Crippen MR) is 97.1 cm³/mol. The van der Waals surface area contributed by atoms with Crippen molar-refractivity contribution < 1.29 is 24.5 Å². The van der Waals surface area contributed by atoms with Gasteiger partial charge in [0.2, 0.25) is 11.9 Å². The van der Waals surface area contributed by atoms with Gasteiger partial charge in [0.15, 0.2) is 22.1 Å². The average molecular weight is 446 g/mol. The first kappa shape index (κ1) is 19.9. The van der Waals surface area contributed by atoms with E-state index in [2.05, 4.69) is 36.2 Å². The Balaban J connectivity index is 2.10. The van der Waals surface area contributed by atoms with Gasteiger partial charge in [0.1, 0.15) is 18.3 Å². The second-order valence-corrected chi connectivity index (χ2v) is 7.13. The molecule has 27 heavy (non-hydrogen) atoms. The largest absolute Gasteiger partial charge is 0.394 e. The molecule has 4 N–H and O–H groups in total.